The molecule has 0 aromatic carbocycles. The maximum Gasteiger partial charge on any atom is 0.221 e. The largest absolute Gasteiger partial charge is 0.356 e. The third-order valence-electron chi connectivity index (χ3n) is 3.39. The lowest BCUT2D eigenvalue weighted by atomic mass is 10.1. The fourth-order valence-corrected chi connectivity index (χ4v) is 2.17. The molecular formula is C13H27N3O. The molecule has 0 aromatic heterocycles. The van der Waals surface area contributed by atoms with Crippen molar-refractivity contribution in [1.82, 2.24) is 10.2 Å². The zero-order valence-corrected chi connectivity index (χ0v) is 11.1. The lowest BCUT2D eigenvalue weighted by Crippen LogP contribution is -2.35. The maximum atomic E-state index is 11.5. The van der Waals surface area contributed by atoms with Crippen LogP contribution in [0.15, 0.2) is 0 Å². The minimum absolute atomic E-state index is 0.0112. The second-order valence-corrected chi connectivity index (χ2v) is 4.98. The van der Waals surface area contributed by atoms with Gasteiger partial charge in [-0.2, -0.15) is 0 Å². The van der Waals surface area contributed by atoms with Crippen molar-refractivity contribution in [2.24, 2.45) is 5.73 Å². The predicted octanol–water partition coefficient (Wildman–Crippen LogP) is 1.11. The Bertz CT molecular complexity index is 215. The van der Waals surface area contributed by atoms with Gasteiger partial charge in [0.2, 0.25) is 5.91 Å². The van der Waals surface area contributed by atoms with Crippen molar-refractivity contribution in [3.05, 3.63) is 0 Å². The molecular weight excluding hydrogens is 214 g/mol. The molecule has 4 heteroatoms. The van der Waals surface area contributed by atoms with E-state index in [2.05, 4.69) is 10.2 Å². The van der Waals surface area contributed by atoms with E-state index in [1.165, 1.54) is 32.4 Å². The number of nitrogens with zero attached hydrogens (tertiary/aromatic N) is 1. The van der Waals surface area contributed by atoms with Gasteiger partial charge >= 0.3 is 0 Å². The summed E-state index contributed by atoms with van der Waals surface area (Å²) in [4.78, 5) is 14.0. The number of piperidine rings is 1. The van der Waals surface area contributed by atoms with Crippen LogP contribution in [0.5, 0.6) is 0 Å². The van der Waals surface area contributed by atoms with Crippen LogP contribution in [0.2, 0.25) is 0 Å². The van der Waals surface area contributed by atoms with Crippen LogP contribution in [0.1, 0.15) is 45.4 Å². The molecule has 4 nitrogen and oxygen atoms in total. The number of nitrogens with two attached hydrogens (primary N) is 1. The monoisotopic (exact) mass is 241 g/mol. The Morgan fingerprint density at radius 1 is 1.35 bits per heavy atom. The topological polar surface area (TPSA) is 58.4 Å². The van der Waals surface area contributed by atoms with Crippen LogP contribution < -0.4 is 11.1 Å². The van der Waals surface area contributed by atoms with E-state index in [1.807, 2.05) is 6.92 Å². The minimum Gasteiger partial charge on any atom is -0.356 e. The fraction of sp³-hybridized carbons (Fsp3) is 0.923. The van der Waals surface area contributed by atoms with Crippen LogP contribution in [0.4, 0.5) is 0 Å². The molecule has 0 aromatic rings. The van der Waals surface area contributed by atoms with Crippen LogP contribution in [0.25, 0.3) is 0 Å². The van der Waals surface area contributed by atoms with Crippen molar-refractivity contribution < 1.29 is 4.79 Å². The van der Waals surface area contributed by atoms with E-state index in [9.17, 15) is 4.79 Å². The van der Waals surface area contributed by atoms with Crippen LogP contribution >= 0.6 is 0 Å². The summed E-state index contributed by atoms with van der Waals surface area (Å²) in [5.41, 5.74) is 5.73. The fourth-order valence-electron chi connectivity index (χ4n) is 2.17. The van der Waals surface area contributed by atoms with Gasteiger partial charge in [0.1, 0.15) is 0 Å². The van der Waals surface area contributed by atoms with Crippen molar-refractivity contribution in [2.45, 2.75) is 51.5 Å². The Balaban J connectivity index is 1.97. The lowest BCUT2D eigenvalue weighted by Gasteiger charge is -2.26. The Morgan fingerprint density at radius 3 is 2.71 bits per heavy atom. The summed E-state index contributed by atoms with van der Waals surface area (Å²) in [5, 5.41) is 2.94. The molecule has 3 N–H and O–H groups in total. The minimum atomic E-state index is 0.0112. The number of carbonyl (C=O) groups excluding carboxylic acids is 1. The van der Waals surface area contributed by atoms with E-state index in [0.29, 0.717) is 6.42 Å². The van der Waals surface area contributed by atoms with Gasteiger partial charge in [0.05, 0.1) is 0 Å². The van der Waals surface area contributed by atoms with Crippen molar-refractivity contribution in [1.29, 1.82) is 0 Å². The van der Waals surface area contributed by atoms with E-state index in [1.54, 1.807) is 0 Å². The average Bonchev–Trinajstić information content (AvgIpc) is 2.36. The van der Waals surface area contributed by atoms with Gasteiger partial charge in [0.15, 0.2) is 0 Å². The molecule has 1 rings (SSSR count). The molecule has 1 aliphatic heterocycles. The molecule has 100 valence electrons. The van der Waals surface area contributed by atoms with E-state index >= 15 is 0 Å². The summed E-state index contributed by atoms with van der Waals surface area (Å²) in [6.07, 6.45) is 6.41. The van der Waals surface area contributed by atoms with Gasteiger partial charge in [-0.1, -0.05) is 13.3 Å². The highest BCUT2D eigenvalue weighted by atomic mass is 16.1. The molecule has 0 radical (unpaired) electrons. The highest BCUT2D eigenvalue weighted by Crippen LogP contribution is 2.08. The Kier molecular flexibility index (Phi) is 7.21. The van der Waals surface area contributed by atoms with Crippen LogP contribution in [-0.2, 0) is 4.79 Å². The summed E-state index contributed by atoms with van der Waals surface area (Å²) in [6.45, 7) is 6.36. The van der Waals surface area contributed by atoms with Gasteiger partial charge < -0.3 is 16.0 Å². The van der Waals surface area contributed by atoms with Gasteiger partial charge in [0.25, 0.3) is 0 Å². The number of hydrogen-bond acceptors (Lipinski definition) is 3. The third kappa shape index (κ3) is 6.64. The smallest absolute Gasteiger partial charge is 0.221 e. The highest BCUT2D eigenvalue weighted by Gasteiger charge is 2.10. The number of carbonyl (C=O) groups is 1. The summed E-state index contributed by atoms with van der Waals surface area (Å²) >= 11 is 0. The zero-order chi connectivity index (χ0) is 12.5. The molecule has 1 fully saturated rings. The van der Waals surface area contributed by atoms with Gasteiger partial charge in [-0.3, -0.25) is 4.79 Å². The van der Waals surface area contributed by atoms with E-state index in [0.717, 1.165) is 25.9 Å². The van der Waals surface area contributed by atoms with Crippen LogP contribution in [-0.4, -0.2) is 43.0 Å². The second kappa shape index (κ2) is 8.48. The molecule has 0 spiro atoms. The lowest BCUT2D eigenvalue weighted by molar-refractivity contribution is -0.121. The van der Waals surface area contributed by atoms with Crippen molar-refractivity contribution >= 4 is 5.91 Å². The SMILES string of the molecule is CCC(N)CC(=O)NCCCN1CCCCC1. The van der Waals surface area contributed by atoms with E-state index in [-0.39, 0.29) is 11.9 Å². The first-order valence-electron chi connectivity index (χ1n) is 6.97. The zero-order valence-electron chi connectivity index (χ0n) is 11.1. The quantitative estimate of drug-likeness (QED) is 0.656. The molecule has 17 heavy (non-hydrogen) atoms. The predicted molar refractivity (Wildman–Crippen MR) is 70.8 cm³/mol. The third-order valence-corrected chi connectivity index (χ3v) is 3.39. The Morgan fingerprint density at radius 2 is 2.06 bits per heavy atom. The molecule has 1 amide bonds. The number of amides is 1. The van der Waals surface area contributed by atoms with Gasteiger partial charge in [-0.25, -0.2) is 0 Å². The normalized spacial score (nSPS) is 18.9. The van der Waals surface area contributed by atoms with Gasteiger partial charge in [0, 0.05) is 19.0 Å². The van der Waals surface area contributed by atoms with Gasteiger partial charge in [-0.05, 0) is 45.3 Å². The Labute approximate surface area is 105 Å². The number of nitrogens with one attached hydrogen (secondary N) is 1. The summed E-state index contributed by atoms with van der Waals surface area (Å²) < 4.78 is 0. The standard InChI is InChI=1S/C13H27N3O/c1-2-12(14)11-13(17)15-7-6-10-16-8-4-3-5-9-16/h12H,2-11,14H2,1H3,(H,15,17). The molecule has 0 bridgehead atoms. The summed E-state index contributed by atoms with van der Waals surface area (Å²) in [7, 11) is 0. The van der Waals surface area contributed by atoms with Crippen molar-refractivity contribution in [3.63, 3.8) is 0 Å². The number of rotatable bonds is 7. The molecule has 1 atom stereocenters. The first-order chi connectivity index (χ1) is 8.22. The first kappa shape index (κ1) is 14.5. The average molecular weight is 241 g/mol. The van der Waals surface area contributed by atoms with Gasteiger partial charge in [-0.15, -0.1) is 0 Å². The summed E-state index contributed by atoms with van der Waals surface area (Å²) in [5.74, 6) is 0.0954. The number of hydrogen-bond donors (Lipinski definition) is 2. The molecule has 1 saturated heterocycles. The maximum absolute atomic E-state index is 11.5. The second-order valence-electron chi connectivity index (χ2n) is 4.98. The van der Waals surface area contributed by atoms with Crippen molar-refractivity contribution in [2.75, 3.05) is 26.2 Å². The molecule has 1 heterocycles. The molecule has 1 aliphatic rings. The molecule has 0 saturated carbocycles. The summed E-state index contributed by atoms with van der Waals surface area (Å²) in [6, 6.07) is 0.0112. The van der Waals surface area contributed by atoms with Crippen molar-refractivity contribution in [3.8, 4) is 0 Å². The van der Waals surface area contributed by atoms with E-state index in [4.69, 9.17) is 5.73 Å². The van der Waals surface area contributed by atoms with E-state index < -0.39 is 0 Å². The van der Waals surface area contributed by atoms with Crippen LogP contribution in [0.3, 0.4) is 0 Å². The van der Waals surface area contributed by atoms with Crippen LogP contribution in [0, 0.1) is 0 Å². The number of likely N-dealkylation sites (tertiary alicyclic amines) is 1. The Hall–Kier alpha value is -0.610. The highest BCUT2D eigenvalue weighted by molar-refractivity contribution is 5.76. The molecule has 1 unspecified atom stereocenters. The molecule has 0 aliphatic carbocycles. The first-order valence-corrected chi connectivity index (χ1v) is 6.97.